The van der Waals surface area contributed by atoms with E-state index in [4.69, 9.17) is 11.5 Å². The van der Waals surface area contributed by atoms with Gasteiger partial charge in [0, 0.05) is 38.5 Å². The van der Waals surface area contributed by atoms with Crippen LogP contribution in [0.3, 0.4) is 0 Å². The Labute approximate surface area is 605 Å². The standard InChI is InChI=1S/C66H92N14O26/c67-27-5-3-9-43(65(103)104)75-55(93)37(71-63(101)47(31-53(89)90)79-61(99)45(29-33-11-15-35(81)16-12-33)77-59(97)41(21-25-51(85)86)73-57(95)39-19-23-49(83)69-39)7-1-2-8-38(56(94)76-44(66(105)106)10-4-6-28-68)72-64(102)48(32-54(91)92)80-62(100)46(30-34-13-17-36(82)18-14-34)78-60(98)42(22-26-52(87)88)74-58(96)40-20-24-50(84)70-40/h11-18,37-48,81-82H,1-10,19-32,67-68H2,(H,69,83)(H,70,84)(H,71,101)(H,72,102)(H,73,95)(H,74,96)(H,75,93)(H,76,94)(H,77,97)(H,78,98)(H,79,99)(H,80,100)(H,85,86)(H,87,88)(H,89,90)(H,91,92)(H,103,104)(H,105,106)/t37?,38?,39-,40-,41-,42-,43-,44-,45-,46-,47-,48-/m0/s1. The number of rotatable bonds is 49. The van der Waals surface area contributed by atoms with E-state index in [1.54, 1.807) is 0 Å². The molecule has 2 aliphatic rings. The molecule has 0 saturated carbocycles. The summed E-state index contributed by atoms with van der Waals surface area (Å²) in [4.78, 5) is 238. The van der Waals surface area contributed by atoms with E-state index in [9.17, 15) is 127 Å². The molecule has 2 unspecified atom stereocenters. The second-order valence-corrected chi connectivity index (χ2v) is 25.3. The number of carbonyl (C=O) groups is 18. The minimum Gasteiger partial charge on any atom is -0.508 e. The smallest absolute Gasteiger partial charge is 0.326 e. The molecule has 24 N–H and O–H groups in total. The fourth-order valence-corrected chi connectivity index (χ4v) is 11.1. The van der Waals surface area contributed by atoms with Gasteiger partial charge in [-0.25, -0.2) is 9.59 Å². The highest BCUT2D eigenvalue weighted by Crippen LogP contribution is 2.18. The first kappa shape index (κ1) is 86.8. The van der Waals surface area contributed by atoms with Crippen LogP contribution in [0, 0.1) is 0 Å². The molecule has 582 valence electrons. The van der Waals surface area contributed by atoms with E-state index < -0.39 is 243 Å². The lowest BCUT2D eigenvalue weighted by Crippen LogP contribution is -2.60. The second-order valence-electron chi connectivity index (χ2n) is 25.3. The first-order valence-corrected chi connectivity index (χ1v) is 34.1. The summed E-state index contributed by atoms with van der Waals surface area (Å²) in [5.74, 6) is -22.7. The van der Waals surface area contributed by atoms with Crippen molar-refractivity contribution in [2.45, 2.75) is 214 Å². The molecule has 2 fully saturated rings. The fraction of sp³-hybridized carbons (Fsp3) is 0.545. The maximum absolute atomic E-state index is 14.5. The van der Waals surface area contributed by atoms with Crippen molar-refractivity contribution in [3.8, 4) is 11.5 Å². The van der Waals surface area contributed by atoms with Crippen LogP contribution in [0.5, 0.6) is 11.5 Å². The molecule has 2 aromatic rings. The lowest BCUT2D eigenvalue weighted by atomic mass is 10.0. The number of aromatic hydroxyl groups is 2. The molecule has 2 saturated heterocycles. The van der Waals surface area contributed by atoms with Gasteiger partial charge in [-0.3, -0.25) is 76.7 Å². The van der Waals surface area contributed by atoms with Crippen LogP contribution in [-0.2, 0) is 99.1 Å². The van der Waals surface area contributed by atoms with Gasteiger partial charge in [-0.15, -0.1) is 0 Å². The van der Waals surface area contributed by atoms with Crippen LogP contribution in [-0.4, -0.2) is 233 Å². The lowest BCUT2D eigenvalue weighted by Gasteiger charge is -2.27. The Kier molecular flexibility index (Phi) is 36.2. The van der Waals surface area contributed by atoms with Crippen LogP contribution in [0.4, 0.5) is 0 Å². The van der Waals surface area contributed by atoms with Gasteiger partial charge in [-0.05, 0) is 126 Å². The number of nitrogens with one attached hydrogen (secondary N) is 12. The molecule has 0 spiro atoms. The fourth-order valence-electron chi connectivity index (χ4n) is 11.1. The molecule has 40 heteroatoms. The van der Waals surface area contributed by atoms with Gasteiger partial charge in [-0.1, -0.05) is 37.1 Å². The van der Waals surface area contributed by atoms with Crippen molar-refractivity contribution in [1.82, 2.24) is 63.8 Å². The molecule has 12 amide bonds. The largest absolute Gasteiger partial charge is 0.508 e. The third-order valence-electron chi connectivity index (χ3n) is 16.8. The van der Waals surface area contributed by atoms with E-state index in [-0.39, 0.29) is 99.9 Å². The number of nitrogens with two attached hydrogens (primary N) is 2. The van der Waals surface area contributed by atoms with Gasteiger partial charge in [-0.2, -0.15) is 0 Å². The van der Waals surface area contributed by atoms with E-state index >= 15 is 0 Å². The predicted molar refractivity (Wildman–Crippen MR) is 363 cm³/mol. The zero-order chi connectivity index (χ0) is 78.7. The van der Waals surface area contributed by atoms with Gasteiger partial charge in [0.1, 0.15) is 84.0 Å². The van der Waals surface area contributed by atoms with E-state index in [1.807, 2.05) is 0 Å². The van der Waals surface area contributed by atoms with Crippen LogP contribution in [0.25, 0.3) is 0 Å². The summed E-state index contributed by atoms with van der Waals surface area (Å²) in [6.07, 6.45) is -7.35. The number of amides is 12. The average molecular weight is 1500 g/mol. The van der Waals surface area contributed by atoms with Crippen molar-refractivity contribution in [2.24, 2.45) is 11.5 Å². The summed E-state index contributed by atoms with van der Waals surface area (Å²) < 4.78 is 0. The zero-order valence-corrected chi connectivity index (χ0v) is 57.6. The predicted octanol–water partition coefficient (Wildman–Crippen LogP) is -5.05. The Hall–Kier alpha value is -11.6. The van der Waals surface area contributed by atoms with Gasteiger partial charge in [0.25, 0.3) is 0 Å². The third-order valence-corrected chi connectivity index (χ3v) is 16.8. The van der Waals surface area contributed by atoms with Crippen LogP contribution in [0.15, 0.2) is 48.5 Å². The van der Waals surface area contributed by atoms with E-state index in [0.29, 0.717) is 12.8 Å². The van der Waals surface area contributed by atoms with Gasteiger partial charge < -0.3 is 116 Å². The monoisotopic (exact) mass is 1500 g/mol. The van der Waals surface area contributed by atoms with Crippen molar-refractivity contribution >= 4 is 107 Å². The van der Waals surface area contributed by atoms with Crippen molar-refractivity contribution in [1.29, 1.82) is 0 Å². The summed E-state index contributed by atoms with van der Waals surface area (Å²) in [6.45, 7) is 0.237. The molecular weight excluding hydrogens is 1400 g/mol. The number of phenolic OH excluding ortho intramolecular Hbond substituents is 2. The van der Waals surface area contributed by atoms with Crippen molar-refractivity contribution < 1.29 is 127 Å². The Morgan fingerprint density at radius 2 is 0.613 bits per heavy atom. The Balaban J connectivity index is 1.71. The number of phenols is 2. The highest BCUT2D eigenvalue weighted by molar-refractivity contribution is 6.00. The second kappa shape index (κ2) is 44.2. The summed E-state index contributed by atoms with van der Waals surface area (Å²) >= 11 is 0. The summed E-state index contributed by atoms with van der Waals surface area (Å²) in [6, 6.07) is -10.5. The summed E-state index contributed by atoms with van der Waals surface area (Å²) in [5, 5.41) is 107. The van der Waals surface area contributed by atoms with Gasteiger partial charge in [0.05, 0.1) is 12.8 Å². The molecule has 2 aromatic carbocycles. The molecular formula is C66H92N14O26. The van der Waals surface area contributed by atoms with Crippen molar-refractivity contribution in [3.63, 3.8) is 0 Å². The number of carboxylic acids is 6. The number of aliphatic carboxylic acids is 6. The molecule has 106 heavy (non-hydrogen) atoms. The van der Waals surface area contributed by atoms with E-state index in [2.05, 4.69) is 63.8 Å². The van der Waals surface area contributed by atoms with Crippen molar-refractivity contribution in [2.75, 3.05) is 13.1 Å². The average Bonchev–Trinajstić information content (AvgIpc) is 0.905. The Morgan fingerprint density at radius 1 is 0.349 bits per heavy atom. The minimum atomic E-state index is -2.16. The molecule has 0 aromatic heterocycles. The van der Waals surface area contributed by atoms with Crippen LogP contribution in [0.1, 0.15) is 140 Å². The first-order valence-electron chi connectivity index (χ1n) is 34.1. The van der Waals surface area contributed by atoms with Gasteiger partial charge in [0.2, 0.25) is 70.9 Å². The summed E-state index contributed by atoms with van der Waals surface area (Å²) in [5.41, 5.74) is 11.7. The van der Waals surface area contributed by atoms with Crippen molar-refractivity contribution in [3.05, 3.63) is 59.7 Å². The molecule has 0 aliphatic carbocycles. The number of benzene rings is 2. The Bertz CT molecular complexity index is 3260. The highest BCUT2D eigenvalue weighted by atomic mass is 16.4. The maximum Gasteiger partial charge on any atom is 0.326 e. The maximum atomic E-state index is 14.5. The SMILES string of the molecule is NCCCC[C@H](NC(=O)C(CCCCC(NC(=O)[C@H](CC(=O)O)NC(=O)[C@H](Cc1ccc(O)cc1)NC(=O)[C@H](CCC(=O)O)NC(=O)[C@@H]1CCC(=O)N1)C(=O)N[C@@H](CCCCN)C(=O)O)NC(=O)[C@H](CC(=O)O)NC(=O)[C@H](Cc1ccc(O)cc1)NC(=O)[C@H](CCC(=O)O)NC(=O)[C@@H]1CCC(=O)N1)C(=O)O. The third kappa shape index (κ3) is 31.2. The molecule has 0 bridgehead atoms. The molecule has 4 rings (SSSR count). The molecule has 0 radical (unpaired) electrons. The zero-order valence-electron chi connectivity index (χ0n) is 57.6. The number of carbonyl (C=O) groups excluding carboxylic acids is 12. The first-order chi connectivity index (χ1) is 50.2. The number of hydrogen-bond acceptors (Lipinski definition) is 22. The Morgan fingerprint density at radius 3 is 0.896 bits per heavy atom. The van der Waals surface area contributed by atoms with Gasteiger partial charge in [0.15, 0.2) is 0 Å². The topological polar surface area (TPSA) is 666 Å². The molecule has 40 nitrogen and oxygen atoms in total. The lowest BCUT2D eigenvalue weighted by molar-refractivity contribution is -0.143. The molecule has 12 atom stereocenters. The number of unbranched alkanes of at least 4 members (excludes halogenated alkanes) is 3. The quantitative estimate of drug-likeness (QED) is 0.0276. The van der Waals surface area contributed by atoms with Gasteiger partial charge >= 0.3 is 35.8 Å². The highest BCUT2D eigenvalue weighted by Gasteiger charge is 2.39. The van der Waals surface area contributed by atoms with Crippen LogP contribution >= 0.6 is 0 Å². The summed E-state index contributed by atoms with van der Waals surface area (Å²) in [7, 11) is 0. The van der Waals surface area contributed by atoms with E-state index in [1.165, 1.54) is 48.5 Å². The van der Waals surface area contributed by atoms with Crippen LogP contribution < -0.4 is 75.3 Å². The number of hydrogen-bond donors (Lipinski definition) is 22. The molecule has 2 aliphatic heterocycles. The van der Waals surface area contributed by atoms with Crippen LogP contribution in [0.2, 0.25) is 0 Å². The molecule has 2 heterocycles. The number of carboxylic acid groups (broad SMARTS) is 6. The van der Waals surface area contributed by atoms with E-state index in [0.717, 1.165) is 0 Å². The minimum absolute atomic E-state index is 0.0181. The normalized spacial score (nSPS) is 16.6.